The molecule has 0 atom stereocenters. The van der Waals surface area contributed by atoms with Crippen molar-refractivity contribution in [3.63, 3.8) is 0 Å². The number of nitro groups is 1. The lowest BCUT2D eigenvalue weighted by molar-refractivity contribution is -0.385. The van der Waals surface area contributed by atoms with Crippen LogP contribution in [0.1, 0.15) is 11.9 Å². The second-order valence-corrected chi connectivity index (χ2v) is 3.26. The maximum absolute atomic E-state index is 10.7. The fourth-order valence-corrected chi connectivity index (χ4v) is 1.54. The van der Waals surface area contributed by atoms with E-state index in [2.05, 4.69) is 0 Å². The first-order valence-corrected chi connectivity index (χ1v) is 4.78. The molecule has 0 bridgehead atoms. The highest BCUT2D eigenvalue weighted by atomic mass is 16.7. The Bertz CT molecular complexity index is 400. The summed E-state index contributed by atoms with van der Waals surface area (Å²) in [4.78, 5) is 10.2. The van der Waals surface area contributed by atoms with E-state index in [1.165, 1.54) is 13.2 Å². The van der Waals surface area contributed by atoms with E-state index in [-0.39, 0.29) is 11.4 Å². The Kier molecular flexibility index (Phi) is 3.02. The third-order valence-electron chi connectivity index (χ3n) is 2.29. The third-order valence-corrected chi connectivity index (χ3v) is 2.29. The van der Waals surface area contributed by atoms with Crippen molar-refractivity contribution in [2.45, 2.75) is 6.29 Å². The van der Waals surface area contributed by atoms with Gasteiger partial charge in [-0.25, -0.2) is 0 Å². The van der Waals surface area contributed by atoms with Crippen molar-refractivity contribution in [2.75, 3.05) is 20.3 Å². The molecular formula is C10H11NO5. The predicted octanol–water partition coefficient (Wildman–Crippen LogP) is 1.65. The van der Waals surface area contributed by atoms with Crippen LogP contribution in [0.15, 0.2) is 18.2 Å². The van der Waals surface area contributed by atoms with Crippen LogP contribution in [0.4, 0.5) is 5.69 Å². The van der Waals surface area contributed by atoms with E-state index in [4.69, 9.17) is 14.2 Å². The van der Waals surface area contributed by atoms with Crippen molar-refractivity contribution in [1.82, 2.24) is 0 Å². The number of rotatable bonds is 3. The number of nitrogens with zero attached hydrogens (tertiary/aromatic N) is 1. The summed E-state index contributed by atoms with van der Waals surface area (Å²) < 4.78 is 15.5. The summed E-state index contributed by atoms with van der Waals surface area (Å²) >= 11 is 0. The van der Waals surface area contributed by atoms with Crippen LogP contribution in [0.2, 0.25) is 0 Å². The van der Waals surface area contributed by atoms with Gasteiger partial charge in [0.2, 0.25) is 0 Å². The minimum Gasteiger partial charge on any atom is -0.490 e. The molecule has 0 unspecified atom stereocenters. The van der Waals surface area contributed by atoms with Crippen molar-refractivity contribution in [3.8, 4) is 5.75 Å². The molecule has 1 aliphatic heterocycles. The van der Waals surface area contributed by atoms with Crippen LogP contribution >= 0.6 is 0 Å². The summed E-state index contributed by atoms with van der Waals surface area (Å²) in [5.41, 5.74) is 0.657. The van der Waals surface area contributed by atoms with Crippen molar-refractivity contribution in [3.05, 3.63) is 33.9 Å². The molecule has 0 N–H and O–H groups in total. The SMILES string of the molecule is COc1cc(C2OCCO2)ccc1[N+](=O)[O-]. The molecule has 1 aromatic carbocycles. The van der Waals surface area contributed by atoms with Gasteiger partial charge in [0, 0.05) is 11.6 Å². The molecule has 1 saturated heterocycles. The molecule has 6 heteroatoms. The molecule has 0 saturated carbocycles. The number of benzene rings is 1. The molecule has 0 radical (unpaired) electrons. The Balaban J connectivity index is 2.32. The van der Waals surface area contributed by atoms with Crippen LogP contribution in [0.3, 0.4) is 0 Å². The number of nitro benzene ring substituents is 1. The van der Waals surface area contributed by atoms with Crippen LogP contribution in [-0.2, 0) is 9.47 Å². The summed E-state index contributed by atoms with van der Waals surface area (Å²) in [5, 5.41) is 10.7. The first-order chi connectivity index (χ1) is 7.72. The molecule has 86 valence electrons. The molecule has 0 aliphatic carbocycles. The lowest BCUT2D eigenvalue weighted by atomic mass is 10.2. The van der Waals surface area contributed by atoms with E-state index in [1.807, 2.05) is 0 Å². The predicted molar refractivity (Wildman–Crippen MR) is 54.3 cm³/mol. The van der Waals surface area contributed by atoms with E-state index in [9.17, 15) is 10.1 Å². The molecule has 16 heavy (non-hydrogen) atoms. The molecule has 6 nitrogen and oxygen atoms in total. The Labute approximate surface area is 91.9 Å². The average Bonchev–Trinajstić information content (AvgIpc) is 2.81. The Morgan fingerprint density at radius 2 is 2.12 bits per heavy atom. The minimum atomic E-state index is -0.487. The number of methoxy groups -OCH3 is 1. The van der Waals surface area contributed by atoms with Crippen LogP contribution in [0.25, 0.3) is 0 Å². The highest BCUT2D eigenvalue weighted by Gasteiger charge is 2.22. The molecular weight excluding hydrogens is 214 g/mol. The van der Waals surface area contributed by atoms with Gasteiger partial charge < -0.3 is 14.2 Å². The fraction of sp³-hybridized carbons (Fsp3) is 0.400. The van der Waals surface area contributed by atoms with E-state index >= 15 is 0 Å². The highest BCUT2D eigenvalue weighted by Crippen LogP contribution is 2.32. The maximum Gasteiger partial charge on any atom is 0.310 e. The monoisotopic (exact) mass is 225 g/mol. The quantitative estimate of drug-likeness (QED) is 0.577. The second kappa shape index (κ2) is 4.46. The minimum absolute atomic E-state index is 0.0655. The standard InChI is InChI=1S/C10H11NO5/c1-14-9-6-7(10-15-4-5-16-10)2-3-8(9)11(12)13/h2-3,6,10H,4-5H2,1H3. The largest absolute Gasteiger partial charge is 0.490 e. The van der Waals surface area contributed by atoms with Crippen LogP contribution in [-0.4, -0.2) is 25.2 Å². The topological polar surface area (TPSA) is 70.8 Å². The van der Waals surface area contributed by atoms with Gasteiger partial charge in [-0.15, -0.1) is 0 Å². The maximum atomic E-state index is 10.7. The first-order valence-electron chi connectivity index (χ1n) is 4.78. The number of hydrogen-bond acceptors (Lipinski definition) is 5. The van der Waals surface area contributed by atoms with Crippen molar-refractivity contribution < 1.29 is 19.1 Å². The summed E-state index contributed by atoms with van der Waals surface area (Å²) in [6, 6.07) is 4.56. The van der Waals surface area contributed by atoms with Gasteiger partial charge in [0.1, 0.15) is 0 Å². The summed E-state index contributed by atoms with van der Waals surface area (Å²) in [7, 11) is 1.39. The van der Waals surface area contributed by atoms with Gasteiger partial charge in [0.15, 0.2) is 12.0 Å². The van der Waals surface area contributed by atoms with Crippen LogP contribution in [0.5, 0.6) is 5.75 Å². The summed E-state index contributed by atoms with van der Waals surface area (Å²) in [6.07, 6.45) is -0.449. The van der Waals surface area contributed by atoms with Crippen molar-refractivity contribution in [2.24, 2.45) is 0 Å². The van der Waals surface area contributed by atoms with E-state index < -0.39 is 11.2 Å². The summed E-state index contributed by atoms with van der Waals surface area (Å²) in [6.45, 7) is 1.06. The first kappa shape index (κ1) is 10.8. The van der Waals surface area contributed by atoms with Crippen molar-refractivity contribution in [1.29, 1.82) is 0 Å². The zero-order chi connectivity index (χ0) is 11.5. The molecule has 0 aromatic heterocycles. The smallest absolute Gasteiger partial charge is 0.310 e. The Hall–Kier alpha value is -1.66. The lowest BCUT2D eigenvalue weighted by Crippen LogP contribution is -2.00. The molecule has 0 spiro atoms. The van der Waals surface area contributed by atoms with E-state index in [1.54, 1.807) is 12.1 Å². The molecule has 1 heterocycles. The van der Waals surface area contributed by atoms with Crippen LogP contribution in [0, 0.1) is 10.1 Å². The second-order valence-electron chi connectivity index (χ2n) is 3.26. The third kappa shape index (κ3) is 1.98. The molecule has 1 aromatic rings. The van der Waals surface area contributed by atoms with E-state index in [0.717, 1.165) is 5.56 Å². The summed E-state index contributed by atoms with van der Waals surface area (Å²) in [5.74, 6) is 0.210. The zero-order valence-corrected chi connectivity index (χ0v) is 8.71. The molecule has 0 amide bonds. The van der Waals surface area contributed by atoms with Gasteiger partial charge in [-0.05, 0) is 12.1 Å². The molecule has 1 aliphatic rings. The highest BCUT2D eigenvalue weighted by molar-refractivity contribution is 5.48. The fourth-order valence-electron chi connectivity index (χ4n) is 1.54. The zero-order valence-electron chi connectivity index (χ0n) is 8.71. The Morgan fingerprint density at radius 1 is 1.44 bits per heavy atom. The van der Waals surface area contributed by atoms with Gasteiger partial charge in [0.25, 0.3) is 0 Å². The number of hydrogen-bond donors (Lipinski definition) is 0. The van der Waals surface area contributed by atoms with Gasteiger partial charge >= 0.3 is 5.69 Å². The van der Waals surface area contributed by atoms with Gasteiger partial charge in [-0.3, -0.25) is 10.1 Å². The van der Waals surface area contributed by atoms with Gasteiger partial charge in [-0.1, -0.05) is 0 Å². The lowest BCUT2D eigenvalue weighted by Gasteiger charge is -2.10. The van der Waals surface area contributed by atoms with Crippen molar-refractivity contribution >= 4 is 5.69 Å². The van der Waals surface area contributed by atoms with Crippen LogP contribution < -0.4 is 4.74 Å². The molecule has 2 rings (SSSR count). The Morgan fingerprint density at radius 3 is 2.69 bits per heavy atom. The average molecular weight is 225 g/mol. The number of ether oxygens (including phenoxy) is 3. The molecule has 1 fully saturated rings. The van der Waals surface area contributed by atoms with E-state index in [0.29, 0.717) is 13.2 Å². The van der Waals surface area contributed by atoms with Gasteiger partial charge in [0.05, 0.1) is 25.2 Å². The van der Waals surface area contributed by atoms with Gasteiger partial charge in [-0.2, -0.15) is 0 Å². The normalized spacial score (nSPS) is 16.3.